The lowest BCUT2D eigenvalue weighted by atomic mass is 10.1. The van der Waals surface area contributed by atoms with E-state index >= 15 is 0 Å². The first-order chi connectivity index (χ1) is 23.7. The summed E-state index contributed by atoms with van der Waals surface area (Å²) in [5.41, 5.74) is 0. The second kappa shape index (κ2) is 34.6. The van der Waals surface area contributed by atoms with Crippen LogP contribution in [0.5, 0.6) is 0 Å². The van der Waals surface area contributed by atoms with Gasteiger partial charge < -0.3 is 24.6 Å². The van der Waals surface area contributed by atoms with Gasteiger partial charge in [-0.25, -0.2) is 4.57 Å². The highest BCUT2D eigenvalue weighted by molar-refractivity contribution is 7.47. The van der Waals surface area contributed by atoms with Gasteiger partial charge in [0.1, 0.15) is 12.7 Å². The molecule has 0 aromatic heterocycles. The molecule has 0 saturated carbocycles. The van der Waals surface area contributed by atoms with Crippen molar-refractivity contribution in [1.82, 2.24) is 0 Å². The van der Waals surface area contributed by atoms with Crippen LogP contribution < -0.4 is 0 Å². The average Bonchev–Trinajstić information content (AvgIpc) is 3.09. The first kappa shape index (κ1) is 47.2. The molecular formula is C38H69O10P. The maximum atomic E-state index is 12.5. The molecule has 3 atom stereocenters. The molecule has 0 fully saturated rings. The van der Waals surface area contributed by atoms with E-state index in [0.29, 0.717) is 12.8 Å². The number of aliphatic hydroxyl groups excluding tert-OH is 2. The van der Waals surface area contributed by atoms with Crippen LogP contribution in [-0.2, 0) is 32.7 Å². The summed E-state index contributed by atoms with van der Waals surface area (Å²) < 4.78 is 32.5. The largest absolute Gasteiger partial charge is 0.472 e. The lowest BCUT2D eigenvalue weighted by molar-refractivity contribution is -0.161. The topological polar surface area (TPSA) is 149 Å². The molecule has 0 radical (unpaired) electrons. The molecule has 3 unspecified atom stereocenters. The molecule has 286 valence electrons. The number of carbonyl (C=O) groups excluding carboxylic acids is 2. The molecule has 10 nitrogen and oxygen atoms in total. The molecule has 0 aliphatic carbocycles. The highest BCUT2D eigenvalue weighted by Crippen LogP contribution is 2.43. The lowest BCUT2D eigenvalue weighted by Crippen LogP contribution is -2.29. The van der Waals surface area contributed by atoms with Gasteiger partial charge in [-0.2, -0.15) is 0 Å². The highest BCUT2D eigenvalue weighted by Gasteiger charge is 2.27. The molecule has 49 heavy (non-hydrogen) atoms. The first-order valence-corrected chi connectivity index (χ1v) is 20.4. The zero-order valence-corrected chi connectivity index (χ0v) is 31.5. The molecule has 11 heteroatoms. The molecule has 0 aromatic carbocycles. The molecule has 0 aliphatic rings. The minimum atomic E-state index is -4.61. The van der Waals surface area contributed by atoms with E-state index in [9.17, 15) is 24.2 Å². The smallest absolute Gasteiger partial charge is 0.462 e. The molecule has 0 aliphatic heterocycles. The third-order valence-corrected chi connectivity index (χ3v) is 8.72. The van der Waals surface area contributed by atoms with Crippen LogP contribution in [0.4, 0.5) is 0 Å². The van der Waals surface area contributed by atoms with Crippen molar-refractivity contribution in [2.75, 3.05) is 26.4 Å². The molecule has 0 heterocycles. The van der Waals surface area contributed by atoms with Gasteiger partial charge in [0.15, 0.2) is 6.10 Å². The van der Waals surface area contributed by atoms with Gasteiger partial charge in [-0.15, -0.1) is 0 Å². The fourth-order valence-corrected chi connectivity index (χ4v) is 5.56. The maximum Gasteiger partial charge on any atom is 0.472 e. The van der Waals surface area contributed by atoms with Gasteiger partial charge in [-0.1, -0.05) is 115 Å². The number of esters is 2. The summed E-state index contributed by atoms with van der Waals surface area (Å²) in [7, 11) is -4.61. The zero-order chi connectivity index (χ0) is 36.3. The number of phosphoric acid groups is 1. The van der Waals surface area contributed by atoms with Crippen LogP contribution in [0, 0.1) is 0 Å². The second-order valence-electron chi connectivity index (χ2n) is 12.6. The quantitative estimate of drug-likeness (QED) is 0.0251. The van der Waals surface area contributed by atoms with E-state index < -0.39 is 51.8 Å². The zero-order valence-electron chi connectivity index (χ0n) is 30.7. The SMILES string of the molecule is CCCC/C=C\C/C=C\CCCCCCCC(=O)OC(COC(=O)CCCCCCC/C=C\CCCCC)COP(=O)(O)OCC(O)CO. The fourth-order valence-electron chi connectivity index (χ4n) is 4.77. The average molecular weight is 717 g/mol. The molecule has 3 N–H and O–H groups in total. The molecule has 0 spiro atoms. The fraction of sp³-hybridized carbons (Fsp3) is 0.789. The molecule has 0 aromatic rings. The van der Waals surface area contributed by atoms with Gasteiger partial charge in [0.05, 0.1) is 19.8 Å². The molecule has 0 amide bonds. The Bertz CT molecular complexity index is 920. The van der Waals surface area contributed by atoms with Crippen molar-refractivity contribution < 1.29 is 47.8 Å². The van der Waals surface area contributed by atoms with E-state index in [1.165, 1.54) is 32.1 Å². The van der Waals surface area contributed by atoms with Gasteiger partial charge in [0.2, 0.25) is 0 Å². The number of hydrogen-bond donors (Lipinski definition) is 3. The van der Waals surface area contributed by atoms with Gasteiger partial charge in [0, 0.05) is 12.8 Å². The van der Waals surface area contributed by atoms with Gasteiger partial charge in [-0.3, -0.25) is 18.6 Å². The Morgan fingerprint density at radius 3 is 1.65 bits per heavy atom. The number of carbonyl (C=O) groups is 2. The summed E-state index contributed by atoms with van der Waals surface area (Å²) in [6.45, 7) is 2.26. The first-order valence-electron chi connectivity index (χ1n) is 18.9. The Morgan fingerprint density at radius 2 is 1.08 bits per heavy atom. The number of hydrogen-bond acceptors (Lipinski definition) is 9. The highest BCUT2D eigenvalue weighted by atomic mass is 31.2. The number of aliphatic hydroxyl groups is 2. The Hall–Kier alpha value is -1.81. The van der Waals surface area contributed by atoms with E-state index in [0.717, 1.165) is 83.5 Å². The predicted octanol–water partition coefficient (Wildman–Crippen LogP) is 9.22. The summed E-state index contributed by atoms with van der Waals surface area (Å²) in [4.78, 5) is 34.8. The lowest BCUT2D eigenvalue weighted by Gasteiger charge is -2.20. The normalized spacial score (nSPS) is 14.5. The number of rotatable bonds is 35. The van der Waals surface area contributed by atoms with Crippen molar-refractivity contribution in [2.45, 2.75) is 167 Å². The van der Waals surface area contributed by atoms with E-state index in [-0.39, 0.29) is 19.4 Å². The minimum Gasteiger partial charge on any atom is -0.462 e. The van der Waals surface area contributed by atoms with Crippen molar-refractivity contribution >= 4 is 19.8 Å². The van der Waals surface area contributed by atoms with Gasteiger partial charge in [0.25, 0.3) is 0 Å². The van der Waals surface area contributed by atoms with Crippen LogP contribution in [0.15, 0.2) is 36.5 Å². The Labute approximate surface area is 297 Å². The molecule has 0 rings (SSSR count). The molecule has 0 bridgehead atoms. The van der Waals surface area contributed by atoms with Crippen molar-refractivity contribution in [3.63, 3.8) is 0 Å². The van der Waals surface area contributed by atoms with Crippen LogP contribution in [-0.4, -0.2) is 65.7 Å². The number of ether oxygens (including phenoxy) is 2. The summed E-state index contributed by atoms with van der Waals surface area (Å²) in [6, 6.07) is 0. The number of unbranched alkanes of at least 4 members (excludes halogenated alkanes) is 15. The van der Waals surface area contributed by atoms with Crippen LogP contribution in [0.1, 0.15) is 155 Å². The monoisotopic (exact) mass is 716 g/mol. The third kappa shape index (κ3) is 34.4. The van der Waals surface area contributed by atoms with Crippen LogP contribution in [0.25, 0.3) is 0 Å². The van der Waals surface area contributed by atoms with E-state index in [1.807, 2.05) is 0 Å². The number of phosphoric ester groups is 1. The van der Waals surface area contributed by atoms with Crippen molar-refractivity contribution in [3.8, 4) is 0 Å². The predicted molar refractivity (Wildman–Crippen MR) is 196 cm³/mol. The van der Waals surface area contributed by atoms with Gasteiger partial charge >= 0.3 is 19.8 Å². The third-order valence-electron chi connectivity index (χ3n) is 7.77. The standard InChI is InChI=1S/C38H69O10P/c1-3-5-7-9-11-13-15-17-18-20-22-24-26-28-30-38(42)48-36(34-47-49(43,44)46-32-35(40)31-39)33-45-37(41)29-27-25-23-21-19-16-14-12-10-8-6-4-2/h9,11-12,14-15,17,35-36,39-40H,3-8,10,13,16,18-34H2,1-2H3,(H,43,44)/b11-9-,14-12-,17-15-. The summed E-state index contributed by atoms with van der Waals surface area (Å²) in [6.07, 6.45) is 32.5. The van der Waals surface area contributed by atoms with Crippen LogP contribution in [0.3, 0.4) is 0 Å². The van der Waals surface area contributed by atoms with Crippen molar-refractivity contribution in [3.05, 3.63) is 36.5 Å². The van der Waals surface area contributed by atoms with Gasteiger partial charge in [-0.05, 0) is 64.2 Å². The maximum absolute atomic E-state index is 12.5. The summed E-state index contributed by atoms with van der Waals surface area (Å²) in [5.74, 6) is -0.955. The second-order valence-corrected chi connectivity index (χ2v) is 14.0. The van der Waals surface area contributed by atoms with E-state index in [2.05, 4.69) is 54.8 Å². The Morgan fingerprint density at radius 1 is 0.612 bits per heavy atom. The molecular weight excluding hydrogens is 647 g/mol. The minimum absolute atomic E-state index is 0.166. The van der Waals surface area contributed by atoms with E-state index in [4.69, 9.17) is 19.1 Å². The number of allylic oxidation sites excluding steroid dienone is 6. The van der Waals surface area contributed by atoms with Crippen molar-refractivity contribution in [1.29, 1.82) is 0 Å². The summed E-state index contributed by atoms with van der Waals surface area (Å²) in [5, 5.41) is 18.3. The van der Waals surface area contributed by atoms with E-state index in [1.54, 1.807) is 0 Å². The van der Waals surface area contributed by atoms with Crippen molar-refractivity contribution in [2.24, 2.45) is 0 Å². The summed E-state index contributed by atoms with van der Waals surface area (Å²) >= 11 is 0. The van der Waals surface area contributed by atoms with Crippen LogP contribution >= 0.6 is 7.82 Å². The molecule has 0 saturated heterocycles. The van der Waals surface area contributed by atoms with Crippen LogP contribution in [0.2, 0.25) is 0 Å². The Kier molecular flexibility index (Phi) is 33.4. The Balaban J connectivity index is 4.42.